The SMILES string of the molecule is COc1nc(-c2cccc(-c3c(F)ccc(NC(=O)c4nn(C)c(=O)n(C)c4=O)c3Cl)c2Cl)cc2c1C(N1CC3(CCC(=O)N3)C1)CC2. The average molecular weight is 695 g/mol. The summed E-state index contributed by atoms with van der Waals surface area (Å²) >= 11 is 13.6. The number of carbonyl (C=O) groups excluding carboxylic acids is 2. The summed E-state index contributed by atoms with van der Waals surface area (Å²) < 4.78 is 22.9. The number of methoxy groups -OCH3 is 1. The quantitative estimate of drug-likeness (QED) is 0.310. The van der Waals surface area contributed by atoms with Gasteiger partial charge in [-0.1, -0.05) is 41.4 Å². The van der Waals surface area contributed by atoms with Gasteiger partial charge in [-0.05, 0) is 43.0 Å². The van der Waals surface area contributed by atoms with Crippen molar-refractivity contribution in [1.29, 1.82) is 0 Å². The van der Waals surface area contributed by atoms with Gasteiger partial charge in [0.2, 0.25) is 17.5 Å². The smallest absolute Gasteiger partial charge is 0.346 e. The number of ether oxygens (including phenoxy) is 1. The zero-order valence-electron chi connectivity index (χ0n) is 26.2. The van der Waals surface area contributed by atoms with Crippen molar-refractivity contribution in [3.63, 3.8) is 0 Å². The lowest BCUT2D eigenvalue weighted by Crippen LogP contribution is -2.67. The second-order valence-electron chi connectivity index (χ2n) is 12.4. The number of amides is 2. The fraction of sp³-hybridized carbons (Fsp3) is 0.333. The van der Waals surface area contributed by atoms with Gasteiger partial charge in [0.15, 0.2) is 0 Å². The zero-order valence-corrected chi connectivity index (χ0v) is 27.7. The van der Waals surface area contributed by atoms with Crippen LogP contribution in [0, 0.1) is 5.82 Å². The molecule has 48 heavy (non-hydrogen) atoms. The summed E-state index contributed by atoms with van der Waals surface area (Å²) in [6.45, 7) is 1.57. The lowest BCUT2D eigenvalue weighted by Gasteiger charge is -2.50. The van der Waals surface area contributed by atoms with Gasteiger partial charge in [-0.3, -0.25) is 23.9 Å². The maximum absolute atomic E-state index is 15.5. The molecule has 0 radical (unpaired) electrons. The predicted octanol–water partition coefficient (Wildman–Crippen LogP) is 3.87. The van der Waals surface area contributed by atoms with Crippen LogP contribution in [-0.4, -0.2) is 61.8 Å². The fourth-order valence-electron chi connectivity index (χ4n) is 7.04. The summed E-state index contributed by atoms with van der Waals surface area (Å²) in [5.74, 6) is -1.04. The van der Waals surface area contributed by atoms with Crippen LogP contribution in [0.5, 0.6) is 5.88 Å². The number of nitrogens with one attached hydrogen (secondary N) is 2. The van der Waals surface area contributed by atoms with Gasteiger partial charge < -0.3 is 15.4 Å². The second kappa shape index (κ2) is 11.8. The molecule has 4 heterocycles. The van der Waals surface area contributed by atoms with E-state index in [9.17, 15) is 19.2 Å². The van der Waals surface area contributed by atoms with E-state index >= 15 is 4.39 Å². The molecule has 2 aromatic heterocycles. The topological polar surface area (TPSA) is 140 Å². The number of hydrogen-bond donors (Lipinski definition) is 2. The number of halogens is 3. The Bertz CT molecular complexity index is 2160. The van der Waals surface area contributed by atoms with Gasteiger partial charge in [-0.2, -0.15) is 5.10 Å². The largest absolute Gasteiger partial charge is 0.481 e. The van der Waals surface area contributed by atoms with Crippen molar-refractivity contribution in [3.8, 4) is 28.3 Å². The number of anilines is 1. The van der Waals surface area contributed by atoms with Crippen LogP contribution in [0.2, 0.25) is 10.0 Å². The van der Waals surface area contributed by atoms with Gasteiger partial charge in [-0.15, -0.1) is 0 Å². The van der Waals surface area contributed by atoms with E-state index in [0.29, 0.717) is 23.6 Å². The van der Waals surface area contributed by atoms with Crippen LogP contribution >= 0.6 is 23.2 Å². The highest BCUT2D eigenvalue weighted by Gasteiger charge is 2.51. The molecule has 0 saturated carbocycles. The molecule has 1 aliphatic carbocycles. The third-order valence-corrected chi connectivity index (χ3v) is 10.2. The molecule has 2 fully saturated rings. The fourth-order valence-corrected chi connectivity index (χ4v) is 7.66. The molecule has 2 aliphatic heterocycles. The molecular formula is C33H30Cl2FN7O5. The molecule has 7 rings (SSSR count). The van der Waals surface area contributed by atoms with Gasteiger partial charge in [-0.25, -0.2) is 18.9 Å². The van der Waals surface area contributed by atoms with Crippen LogP contribution in [0.15, 0.2) is 46.0 Å². The Labute approximate surface area is 283 Å². The molecule has 1 spiro atoms. The molecular weight excluding hydrogens is 664 g/mol. The zero-order chi connectivity index (χ0) is 34.1. The van der Waals surface area contributed by atoms with Crippen molar-refractivity contribution in [2.45, 2.75) is 37.3 Å². The van der Waals surface area contributed by atoms with E-state index in [4.69, 9.17) is 32.9 Å². The van der Waals surface area contributed by atoms with Crippen molar-refractivity contribution in [1.82, 2.24) is 29.5 Å². The number of hydrogen-bond acceptors (Lipinski definition) is 8. The summed E-state index contributed by atoms with van der Waals surface area (Å²) in [5.41, 5.74) is 1.08. The van der Waals surface area contributed by atoms with Crippen LogP contribution < -0.4 is 26.6 Å². The summed E-state index contributed by atoms with van der Waals surface area (Å²) in [5, 5.41) is 9.45. The number of aryl methyl sites for hydroxylation is 2. The van der Waals surface area contributed by atoms with Crippen molar-refractivity contribution >= 4 is 40.7 Å². The standard InChI is InChI=1S/C33H30Cl2FN7O5/c1-41-31(46)28(40-42(2)32(41)47)29(45)37-20-9-8-19(36)25(27(20)35)18-6-4-5-17(26(18)34)21-13-16-7-10-22(24(16)30(38-21)48-3)43-14-33(15-43)12-11-23(44)39-33/h4-6,8-9,13,22H,7,10-12,14-15H2,1-3H3,(H,37,45)(H,39,44). The number of aromatic nitrogens is 4. The van der Waals surface area contributed by atoms with Gasteiger partial charge in [0, 0.05) is 61.9 Å². The van der Waals surface area contributed by atoms with E-state index in [1.54, 1.807) is 25.3 Å². The lowest BCUT2D eigenvalue weighted by molar-refractivity contribution is -0.121. The Morgan fingerprint density at radius 1 is 1.08 bits per heavy atom. The van der Waals surface area contributed by atoms with Crippen LogP contribution in [0.1, 0.15) is 46.9 Å². The molecule has 4 aromatic rings. The molecule has 2 N–H and O–H groups in total. The first-order chi connectivity index (χ1) is 22.9. The number of nitrogens with zero attached hydrogens (tertiary/aromatic N) is 5. The van der Waals surface area contributed by atoms with E-state index in [1.807, 2.05) is 6.07 Å². The minimum atomic E-state index is -0.931. The van der Waals surface area contributed by atoms with Gasteiger partial charge in [0.05, 0.1) is 34.1 Å². The van der Waals surface area contributed by atoms with Crippen molar-refractivity contribution < 1.29 is 18.7 Å². The molecule has 2 aromatic carbocycles. The lowest BCUT2D eigenvalue weighted by atomic mass is 9.86. The molecule has 2 amide bonds. The summed E-state index contributed by atoms with van der Waals surface area (Å²) in [6, 6.07) is 9.55. The molecule has 12 nitrogen and oxygen atoms in total. The third kappa shape index (κ3) is 5.17. The maximum Gasteiger partial charge on any atom is 0.346 e. The molecule has 15 heteroatoms. The van der Waals surface area contributed by atoms with E-state index in [1.165, 1.54) is 20.2 Å². The Hall–Kier alpha value is -4.59. The minimum absolute atomic E-state index is 0.00514. The van der Waals surface area contributed by atoms with Crippen LogP contribution in [0.3, 0.4) is 0 Å². The maximum atomic E-state index is 15.5. The van der Waals surface area contributed by atoms with E-state index in [0.717, 1.165) is 58.8 Å². The number of benzene rings is 2. The summed E-state index contributed by atoms with van der Waals surface area (Å²) in [6.07, 6.45) is 3.09. The highest BCUT2D eigenvalue weighted by Crippen LogP contribution is 2.48. The molecule has 1 atom stereocenters. The van der Waals surface area contributed by atoms with Gasteiger partial charge >= 0.3 is 5.69 Å². The number of fused-ring (bicyclic) bond motifs is 1. The third-order valence-electron chi connectivity index (χ3n) is 9.43. The number of likely N-dealkylation sites (tertiary alicyclic amines) is 1. The highest BCUT2D eigenvalue weighted by molar-refractivity contribution is 6.39. The van der Waals surface area contributed by atoms with Crippen molar-refractivity contribution in [3.05, 3.63) is 89.9 Å². The van der Waals surface area contributed by atoms with Gasteiger partial charge in [0.1, 0.15) is 5.82 Å². The first-order valence-electron chi connectivity index (χ1n) is 15.3. The Morgan fingerprint density at radius 3 is 2.54 bits per heavy atom. The minimum Gasteiger partial charge on any atom is -0.481 e. The molecule has 3 aliphatic rings. The first kappa shape index (κ1) is 32.0. The predicted molar refractivity (Wildman–Crippen MR) is 177 cm³/mol. The molecule has 1 unspecified atom stereocenters. The van der Waals surface area contributed by atoms with E-state index in [-0.39, 0.29) is 44.3 Å². The number of pyridine rings is 1. The Kier molecular flexibility index (Phi) is 7.88. The Balaban J connectivity index is 1.21. The van der Waals surface area contributed by atoms with Crippen LogP contribution in [-0.2, 0) is 25.3 Å². The monoisotopic (exact) mass is 693 g/mol. The summed E-state index contributed by atoms with van der Waals surface area (Å²) in [4.78, 5) is 56.6. The van der Waals surface area contributed by atoms with Gasteiger partial charge in [0.25, 0.3) is 11.5 Å². The number of carbonyl (C=O) groups is 2. The van der Waals surface area contributed by atoms with Crippen LogP contribution in [0.25, 0.3) is 22.4 Å². The van der Waals surface area contributed by atoms with E-state index < -0.39 is 28.7 Å². The molecule has 248 valence electrons. The van der Waals surface area contributed by atoms with Crippen molar-refractivity contribution in [2.75, 3.05) is 25.5 Å². The second-order valence-corrected chi connectivity index (χ2v) is 13.2. The molecule has 2 saturated heterocycles. The number of rotatable bonds is 6. The Morgan fingerprint density at radius 2 is 1.83 bits per heavy atom. The average Bonchev–Trinajstić information content (AvgIpc) is 3.66. The molecule has 0 bridgehead atoms. The highest BCUT2D eigenvalue weighted by atomic mass is 35.5. The summed E-state index contributed by atoms with van der Waals surface area (Å²) in [7, 11) is 4.10. The first-order valence-corrected chi connectivity index (χ1v) is 16.0. The normalized spacial score (nSPS) is 18.0. The van der Waals surface area contributed by atoms with Crippen molar-refractivity contribution in [2.24, 2.45) is 14.1 Å². The van der Waals surface area contributed by atoms with E-state index in [2.05, 4.69) is 20.6 Å². The van der Waals surface area contributed by atoms with Crippen LogP contribution in [0.4, 0.5) is 10.1 Å².